The van der Waals surface area contributed by atoms with Crippen LogP contribution in [-0.4, -0.2) is 48.0 Å². The fourth-order valence-corrected chi connectivity index (χ4v) is 3.65. The second kappa shape index (κ2) is 9.86. The van der Waals surface area contributed by atoms with E-state index in [9.17, 15) is 14.0 Å². The maximum atomic E-state index is 13.8. The van der Waals surface area contributed by atoms with Gasteiger partial charge in [0.2, 0.25) is 5.91 Å². The third kappa shape index (κ3) is 5.25. The molecule has 1 aliphatic heterocycles. The van der Waals surface area contributed by atoms with Crippen LogP contribution in [0.1, 0.15) is 23.7 Å². The Balaban J connectivity index is 1.70. The number of nitrogens with one attached hydrogen (secondary N) is 2. The van der Waals surface area contributed by atoms with Gasteiger partial charge in [0.1, 0.15) is 5.82 Å². The number of anilines is 2. The first-order valence-corrected chi connectivity index (χ1v) is 10.4. The monoisotopic (exact) mass is 448 g/mol. The van der Waals surface area contributed by atoms with Gasteiger partial charge in [0.05, 0.1) is 16.9 Å². The fourth-order valence-electron chi connectivity index (χ4n) is 3.27. The number of carbonyl (C=O) groups excluding carboxylic acids is 2. The van der Waals surface area contributed by atoms with Gasteiger partial charge in [-0.05, 0) is 42.5 Å². The van der Waals surface area contributed by atoms with Crippen molar-refractivity contribution < 1.29 is 14.0 Å². The van der Waals surface area contributed by atoms with E-state index in [1.807, 2.05) is 17.9 Å². The molecule has 1 heterocycles. The predicted molar refractivity (Wildman–Crippen MR) is 121 cm³/mol. The average molecular weight is 449 g/mol. The van der Waals surface area contributed by atoms with Gasteiger partial charge in [-0.25, -0.2) is 4.39 Å². The number of nitrogens with zero attached hydrogens (tertiary/aromatic N) is 2. The Morgan fingerprint density at radius 2 is 1.83 bits per heavy atom. The molecule has 0 radical (unpaired) electrons. The molecule has 0 unspecified atom stereocenters. The average Bonchev–Trinajstić information content (AvgIpc) is 2.73. The van der Waals surface area contributed by atoms with Crippen molar-refractivity contribution in [2.24, 2.45) is 0 Å². The van der Waals surface area contributed by atoms with Gasteiger partial charge in [-0.1, -0.05) is 30.7 Å². The minimum absolute atomic E-state index is 0.0339. The van der Waals surface area contributed by atoms with E-state index in [0.29, 0.717) is 43.3 Å². The maximum absolute atomic E-state index is 13.8. The van der Waals surface area contributed by atoms with Gasteiger partial charge in [0.15, 0.2) is 5.11 Å². The van der Waals surface area contributed by atoms with Crippen LogP contribution >= 0.6 is 23.8 Å². The largest absolute Gasteiger partial charge is 0.366 e. The molecule has 3 rings (SSSR count). The van der Waals surface area contributed by atoms with E-state index in [4.69, 9.17) is 23.8 Å². The summed E-state index contributed by atoms with van der Waals surface area (Å²) < 4.78 is 13.8. The van der Waals surface area contributed by atoms with Gasteiger partial charge in [-0.3, -0.25) is 14.9 Å². The summed E-state index contributed by atoms with van der Waals surface area (Å²) in [6.07, 6.45) is 0.490. The van der Waals surface area contributed by atoms with Crippen LogP contribution in [0.5, 0.6) is 0 Å². The van der Waals surface area contributed by atoms with E-state index in [-0.39, 0.29) is 16.6 Å². The normalized spacial score (nSPS) is 13.7. The molecular formula is C21H22ClFN4O2S. The molecular weight excluding hydrogens is 427 g/mol. The number of carbonyl (C=O) groups is 2. The molecule has 0 atom stereocenters. The minimum Gasteiger partial charge on any atom is -0.366 e. The Bertz CT molecular complexity index is 964. The number of hydrogen-bond donors (Lipinski definition) is 2. The molecule has 2 aromatic carbocycles. The molecule has 0 saturated carbocycles. The Hall–Kier alpha value is -2.71. The number of thiocarbonyl (C=S) groups is 1. The summed E-state index contributed by atoms with van der Waals surface area (Å²) >= 11 is 11.4. The molecule has 1 saturated heterocycles. The van der Waals surface area contributed by atoms with Crippen molar-refractivity contribution in [3.8, 4) is 0 Å². The zero-order chi connectivity index (χ0) is 21.7. The summed E-state index contributed by atoms with van der Waals surface area (Å²) in [5.74, 6) is -1.12. The third-order valence-electron chi connectivity index (χ3n) is 4.83. The van der Waals surface area contributed by atoms with E-state index >= 15 is 0 Å². The number of amides is 2. The van der Waals surface area contributed by atoms with Crippen molar-refractivity contribution >= 4 is 52.1 Å². The molecule has 30 heavy (non-hydrogen) atoms. The van der Waals surface area contributed by atoms with Crippen LogP contribution in [0.15, 0.2) is 42.5 Å². The van der Waals surface area contributed by atoms with Gasteiger partial charge in [-0.15, -0.1) is 0 Å². The fraction of sp³-hybridized carbons (Fsp3) is 0.286. The third-order valence-corrected chi connectivity index (χ3v) is 5.27. The number of hydrogen-bond acceptors (Lipinski definition) is 4. The lowest BCUT2D eigenvalue weighted by Crippen LogP contribution is -2.48. The lowest BCUT2D eigenvalue weighted by Gasteiger charge is -2.37. The molecule has 2 N–H and O–H groups in total. The molecule has 6 nitrogen and oxygen atoms in total. The highest BCUT2D eigenvalue weighted by molar-refractivity contribution is 7.80. The molecule has 9 heteroatoms. The van der Waals surface area contributed by atoms with Gasteiger partial charge in [0.25, 0.3) is 5.91 Å². The Labute approximate surface area is 185 Å². The Kier molecular flexibility index (Phi) is 7.23. The summed E-state index contributed by atoms with van der Waals surface area (Å²) in [6, 6.07) is 11.0. The van der Waals surface area contributed by atoms with Crippen LogP contribution in [0.2, 0.25) is 5.02 Å². The molecule has 1 fully saturated rings. The maximum Gasteiger partial charge on any atom is 0.260 e. The highest BCUT2D eigenvalue weighted by Gasteiger charge is 2.22. The van der Waals surface area contributed by atoms with Gasteiger partial charge >= 0.3 is 0 Å². The van der Waals surface area contributed by atoms with Gasteiger partial charge in [0, 0.05) is 37.6 Å². The van der Waals surface area contributed by atoms with Crippen LogP contribution in [0.4, 0.5) is 15.8 Å². The number of benzene rings is 2. The van der Waals surface area contributed by atoms with Gasteiger partial charge in [-0.2, -0.15) is 0 Å². The van der Waals surface area contributed by atoms with E-state index < -0.39 is 11.7 Å². The van der Waals surface area contributed by atoms with Crippen LogP contribution < -0.4 is 15.5 Å². The zero-order valence-electron chi connectivity index (χ0n) is 16.5. The molecule has 2 amide bonds. The van der Waals surface area contributed by atoms with Crippen LogP contribution in [0.25, 0.3) is 0 Å². The Morgan fingerprint density at radius 1 is 1.13 bits per heavy atom. The van der Waals surface area contributed by atoms with E-state index in [1.165, 1.54) is 18.2 Å². The number of rotatable bonds is 4. The first-order chi connectivity index (χ1) is 14.4. The van der Waals surface area contributed by atoms with Crippen molar-refractivity contribution in [1.29, 1.82) is 0 Å². The predicted octanol–water partition coefficient (Wildman–Crippen LogP) is 3.66. The van der Waals surface area contributed by atoms with E-state index in [0.717, 1.165) is 5.69 Å². The summed E-state index contributed by atoms with van der Waals surface area (Å²) in [6.45, 7) is 4.44. The van der Waals surface area contributed by atoms with Crippen LogP contribution in [0.3, 0.4) is 0 Å². The second-order valence-corrected chi connectivity index (χ2v) is 7.62. The molecule has 2 aromatic rings. The van der Waals surface area contributed by atoms with Crippen molar-refractivity contribution in [2.75, 3.05) is 36.4 Å². The van der Waals surface area contributed by atoms with Crippen LogP contribution in [-0.2, 0) is 4.79 Å². The van der Waals surface area contributed by atoms with Crippen molar-refractivity contribution in [2.45, 2.75) is 13.3 Å². The Morgan fingerprint density at radius 3 is 2.50 bits per heavy atom. The quantitative estimate of drug-likeness (QED) is 0.699. The second-order valence-electron chi connectivity index (χ2n) is 6.77. The summed E-state index contributed by atoms with van der Waals surface area (Å²) in [7, 11) is 0. The molecule has 158 valence electrons. The van der Waals surface area contributed by atoms with Gasteiger partial charge < -0.3 is 15.1 Å². The molecule has 0 aliphatic carbocycles. The smallest absolute Gasteiger partial charge is 0.260 e. The first-order valence-electron chi connectivity index (χ1n) is 9.58. The summed E-state index contributed by atoms with van der Waals surface area (Å²) in [5.41, 5.74) is 1.38. The molecule has 0 bridgehead atoms. The SMILES string of the molecule is CCC(=O)N1CCN(c2ccc(Cl)cc2NC(=S)NC(=O)c2ccccc2F)CC1. The summed E-state index contributed by atoms with van der Waals surface area (Å²) in [5, 5.41) is 6.01. The van der Waals surface area contributed by atoms with Crippen molar-refractivity contribution in [1.82, 2.24) is 10.2 Å². The lowest BCUT2D eigenvalue weighted by atomic mass is 10.2. The molecule has 1 aliphatic rings. The minimum atomic E-state index is -0.638. The number of halogens is 2. The van der Waals surface area contributed by atoms with Crippen molar-refractivity contribution in [3.63, 3.8) is 0 Å². The standard InChI is InChI=1S/C21H22ClFN4O2S/c1-2-19(28)27-11-9-26(10-12-27)18-8-7-14(22)13-17(18)24-21(30)25-20(29)15-5-3-4-6-16(15)23/h3-8,13H,2,9-12H2,1H3,(H2,24,25,29,30). The summed E-state index contributed by atoms with van der Waals surface area (Å²) in [4.78, 5) is 28.2. The first kappa shape index (κ1) is 22.0. The van der Waals surface area contributed by atoms with E-state index in [1.54, 1.807) is 18.2 Å². The number of piperazine rings is 1. The van der Waals surface area contributed by atoms with Crippen molar-refractivity contribution in [3.05, 3.63) is 58.9 Å². The van der Waals surface area contributed by atoms with Crippen LogP contribution in [0, 0.1) is 5.82 Å². The highest BCUT2D eigenvalue weighted by Crippen LogP contribution is 2.30. The van der Waals surface area contributed by atoms with E-state index in [2.05, 4.69) is 15.5 Å². The molecule has 0 aromatic heterocycles. The molecule has 0 spiro atoms. The topological polar surface area (TPSA) is 64.7 Å². The lowest BCUT2D eigenvalue weighted by molar-refractivity contribution is -0.131. The highest BCUT2D eigenvalue weighted by atomic mass is 35.5. The zero-order valence-corrected chi connectivity index (χ0v) is 18.0.